The zero-order valence-corrected chi connectivity index (χ0v) is 21.5. The van der Waals surface area contributed by atoms with E-state index in [0.29, 0.717) is 25.2 Å². The van der Waals surface area contributed by atoms with E-state index in [1.807, 2.05) is 24.3 Å². The van der Waals surface area contributed by atoms with Crippen molar-refractivity contribution in [3.63, 3.8) is 0 Å². The van der Waals surface area contributed by atoms with E-state index < -0.39 is 18.1 Å². The molecule has 2 N–H and O–H groups in total. The number of piperidine rings is 3. The Morgan fingerprint density at radius 1 is 1.06 bits per heavy atom. The van der Waals surface area contributed by atoms with Crippen molar-refractivity contribution < 1.29 is 23.1 Å². The Balaban J connectivity index is 1.31. The van der Waals surface area contributed by atoms with Crippen LogP contribution < -0.4 is 15.4 Å². The van der Waals surface area contributed by atoms with Gasteiger partial charge in [0, 0.05) is 23.5 Å². The second kappa shape index (κ2) is 10.5. The molecule has 192 valence electrons. The number of fused-ring (bicyclic) bond motifs is 3. The second-order valence-electron chi connectivity index (χ2n) is 10.1. The third-order valence-corrected chi connectivity index (χ3v) is 8.30. The highest BCUT2D eigenvalue weighted by Crippen LogP contribution is 2.48. The lowest BCUT2D eigenvalue weighted by molar-refractivity contribution is -0.131. The van der Waals surface area contributed by atoms with Crippen LogP contribution in [0.15, 0.2) is 53.0 Å². The predicted octanol–water partition coefficient (Wildman–Crippen LogP) is 4.02. The van der Waals surface area contributed by atoms with Gasteiger partial charge in [0.05, 0.1) is 5.41 Å². The Morgan fingerprint density at radius 3 is 2.28 bits per heavy atom. The summed E-state index contributed by atoms with van der Waals surface area (Å²) >= 11 is 3.44. The van der Waals surface area contributed by atoms with E-state index in [2.05, 4.69) is 36.2 Å². The van der Waals surface area contributed by atoms with Gasteiger partial charge in [0.2, 0.25) is 11.8 Å². The first-order chi connectivity index (χ1) is 17.3. The van der Waals surface area contributed by atoms with E-state index in [0.717, 1.165) is 48.1 Å². The first-order valence-electron chi connectivity index (χ1n) is 12.5. The van der Waals surface area contributed by atoms with E-state index in [1.54, 1.807) is 12.1 Å². The maximum atomic E-state index is 13.5. The van der Waals surface area contributed by atoms with Crippen molar-refractivity contribution in [3.8, 4) is 5.75 Å². The molecule has 2 bridgehead atoms. The second-order valence-corrected chi connectivity index (χ2v) is 11.0. The summed E-state index contributed by atoms with van der Waals surface area (Å²) in [4.78, 5) is 29.4. The standard InChI is InChI=1S/C27H30BrF2N3O3/c28-20-5-1-17(2-6-20)15-22(24(34)31-23-16-33-13-9-18(23)10-14-33)32-25(35)27(11-12-27)19-3-7-21(8-4-19)36-26(29)30/h1-8,18,22-23,26H,9-16H2,(H,31,34)(H,32,35)/t22-,23?/m0/s1. The number of benzene rings is 2. The Kier molecular flexibility index (Phi) is 7.30. The van der Waals surface area contributed by atoms with Gasteiger partial charge in [-0.2, -0.15) is 8.78 Å². The fraction of sp³-hybridized carbons (Fsp3) is 0.481. The van der Waals surface area contributed by atoms with Crippen LogP contribution in [0.1, 0.15) is 36.8 Å². The summed E-state index contributed by atoms with van der Waals surface area (Å²) in [7, 11) is 0. The fourth-order valence-electron chi connectivity index (χ4n) is 5.50. The molecular weight excluding hydrogens is 532 g/mol. The minimum absolute atomic E-state index is 0.0509. The molecule has 6 rings (SSSR count). The van der Waals surface area contributed by atoms with Crippen molar-refractivity contribution in [2.75, 3.05) is 19.6 Å². The molecule has 0 aromatic heterocycles. The van der Waals surface area contributed by atoms with Crippen LogP contribution >= 0.6 is 15.9 Å². The smallest absolute Gasteiger partial charge is 0.387 e. The van der Waals surface area contributed by atoms with E-state index in [-0.39, 0.29) is 23.6 Å². The molecule has 6 nitrogen and oxygen atoms in total. The minimum atomic E-state index is -2.90. The summed E-state index contributed by atoms with van der Waals surface area (Å²) < 4.78 is 30.4. The van der Waals surface area contributed by atoms with Crippen molar-refractivity contribution in [1.82, 2.24) is 15.5 Å². The number of alkyl halides is 2. The largest absolute Gasteiger partial charge is 0.435 e. The molecular formula is C27H30BrF2N3O3. The van der Waals surface area contributed by atoms with Crippen molar-refractivity contribution in [2.45, 2.75) is 56.2 Å². The molecule has 2 atom stereocenters. The number of carbonyl (C=O) groups excluding carboxylic acids is 2. The summed E-state index contributed by atoms with van der Waals surface area (Å²) in [6.07, 6.45) is 3.83. The molecule has 1 unspecified atom stereocenters. The maximum Gasteiger partial charge on any atom is 0.387 e. The topological polar surface area (TPSA) is 70.7 Å². The minimum Gasteiger partial charge on any atom is -0.435 e. The average Bonchev–Trinajstić information content (AvgIpc) is 3.68. The zero-order valence-electron chi connectivity index (χ0n) is 19.9. The van der Waals surface area contributed by atoms with Crippen LogP contribution in [-0.2, 0) is 21.4 Å². The molecule has 3 heterocycles. The number of hydrogen-bond donors (Lipinski definition) is 2. The van der Waals surface area contributed by atoms with E-state index in [4.69, 9.17) is 0 Å². The predicted molar refractivity (Wildman–Crippen MR) is 135 cm³/mol. The number of amides is 2. The highest BCUT2D eigenvalue weighted by molar-refractivity contribution is 9.10. The van der Waals surface area contributed by atoms with Gasteiger partial charge in [0.25, 0.3) is 0 Å². The van der Waals surface area contributed by atoms with Gasteiger partial charge in [-0.3, -0.25) is 9.59 Å². The quantitative estimate of drug-likeness (QED) is 0.485. The number of halogens is 3. The number of hydrogen-bond acceptors (Lipinski definition) is 4. The van der Waals surface area contributed by atoms with Crippen molar-refractivity contribution in [3.05, 3.63) is 64.1 Å². The molecule has 2 amide bonds. The maximum absolute atomic E-state index is 13.5. The lowest BCUT2D eigenvalue weighted by Crippen LogP contribution is -2.60. The molecule has 2 aromatic rings. The molecule has 0 spiro atoms. The van der Waals surface area contributed by atoms with Gasteiger partial charge in [0.15, 0.2) is 0 Å². The van der Waals surface area contributed by atoms with Gasteiger partial charge in [-0.05, 0) is 80.1 Å². The van der Waals surface area contributed by atoms with E-state index in [1.165, 1.54) is 12.1 Å². The lowest BCUT2D eigenvalue weighted by atomic mass is 9.84. The van der Waals surface area contributed by atoms with Gasteiger partial charge < -0.3 is 20.3 Å². The summed E-state index contributed by atoms with van der Waals surface area (Å²) in [5.74, 6) is 0.152. The van der Waals surface area contributed by atoms with Crippen LogP contribution in [0, 0.1) is 5.92 Å². The number of nitrogens with one attached hydrogen (secondary N) is 2. The van der Waals surface area contributed by atoms with Crippen LogP contribution in [0.2, 0.25) is 0 Å². The van der Waals surface area contributed by atoms with Gasteiger partial charge in [0.1, 0.15) is 11.8 Å². The normalized spacial score (nSPS) is 24.7. The van der Waals surface area contributed by atoms with Gasteiger partial charge in [-0.1, -0.05) is 40.2 Å². The summed E-state index contributed by atoms with van der Waals surface area (Å²) in [6.45, 7) is 0.120. The van der Waals surface area contributed by atoms with Crippen LogP contribution in [0.5, 0.6) is 5.75 Å². The molecule has 0 radical (unpaired) electrons. The molecule has 4 fully saturated rings. The SMILES string of the molecule is O=C(NC1CN2CCC1CC2)[C@H](Cc1ccc(Br)cc1)NC(=O)C1(c2ccc(OC(F)F)cc2)CC1. The third-order valence-electron chi connectivity index (χ3n) is 7.78. The Labute approximate surface area is 217 Å². The highest BCUT2D eigenvalue weighted by Gasteiger charge is 2.52. The summed E-state index contributed by atoms with van der Waals surface area (Å²) in [5, 5.41) is 6.27. The van der Waals surface area contributed by atoms with E-state index in [9.17, 15) is 18.4 Å². The van der Waals surface area contributed by atoms with Crippen molar-refractivity contribution >= 4 is 27.7 Å². The van der Waals surface area contributed by atoms with Gasteiger partial charge >= 0.3 is 6.61 Å². The van der Waals surface area contributed by atoms with Gasteiger partial charge in [-0.25, -0.2) is 0 Å². The molecule has 1 saturated carbocycles. The Bertz CT molecular complexity index is 1080. The number of ether oxygens (including phenoxy) is 1. The summed E-state index contributed by atoms with van der Waals surface area (Å²) in [5.41, 5.74) is 0.935. The van der Waals surface area contributed by atoms with Crippen LogP contribution in [0.3, 0.4) is 0 Å². The van der Waals surface area contributed by atoms with E-state index >= 15 is 0 Å². The summed E-state index contributed by atoms with van der Waals surface area (Å²) in [6, 6.07) is 13.3. The first kappa shape index (κ1) is 25.1. The zero-order chi connectivity index (χ0) is 25.3. The molecule has 1 aliphatic carbocycles. The number of nitrogens with zero attached hydrogens (tertiary/aromatic N) is 1. The molecule has 36 heavy (non-hydrogen) atoms. The number of carbonyl (C=O) groups is 2. The highest BCUT2D eigenvalue weighted by atomic mass is 79.9. The lowest BCUT2D eigenvalue weighted by Gasteiger charge is -2.45. The molecule has 3 aliphatic heterocycles. The third kappa shape index (κ3) is 5.57. The van der Waals surface area contributed by atoms with Gasteiger partial charge in [-0.15, -0.1) is 0 Å². The Morgan fingerprint density at radius 2 is 1.72 bits per heavy atom. The van der Waals surface area contributed by atoms with Crippen LogP contribution in [0.4, 0.5) is 8.78 Å². The fourth-order valence-corrected chi connectivity index (χ4v) is 5.77. The monoisotopic (exact) mass is 561 g/mol. The molecule has 9 heteroatoms. The first-order valence-corrected chi connectivity index (χ1v) is 13.3. The molecule has 2 aromatic carbocycles. The van der Waals surface area contributed by atoms with Crippen molar-refractivity contribution in [1.29, 1.82) is 0 Å². The molecule has 3 saturated heterocycles. The van der Waals surface area contributed by atoms with Crippen LogP contribution in [-0.4, -0.2) is 55.0 Å². The average molecular weight is 562 g/mol. The number of rotatable bonds is 9. The molecule has 4 aliphatic rings. The van der Waals surface area contributed by atoms with Crippen molar-refractivity contribution in [2.24, 2.45) is 5.92 Å². The van der Waals surface area contributed by atoms with Crippen LogP contribution in [0.25, 0.3) is 0 Å². The Hall–Kier alpha value is -2.52.